The number of halogens is 4. The zero-order valence-electron chi connectivity index (χ0n) is 8.53. The predicted octanol–water partition coefficient (Wildman–Crippen LogP) is 2.83. The first-order chi connectivity index (χ1) is 8.31. The Morgan fingerprint density at radius 1 is 1.44 bits per heavy atom. The van der Waals surface area contributed by atoms with Crippen LogP contribution in [-0.4, -0.2) is 15.0 Å². The molecular formula is C9H5Cl2F2NO3S. The number of nitrogens with zero attached hydrogens (tertiary/aromatic N) is 1. The highest BCUT2D eigenvalue weighted by Crippen LogP contribution is 2.34. The Bertz CT molecular complexity index is 599. The summed E-state index contributed by atoms with van der Waals surface area (Å²) in [5.41, 5.74) is -0.217. The fourth-order valence-electron chi connectivity index (χ4n) is 1.24. The molecule has 0 aliphatic heterocycles. The van der Waals surface area contributed by atoms with Crippen molar-refractivity contribution in [2.75, 3.05) is 0 Å². The average molecular weight is 316 g/mol. The quantitative estimate of drug-likeness (QED) is 0.633. The lowest BCUT2D eigenvalue weighted by Gasteiger charge is -2.12. The second kappa shape index (κ2) is 5.69. The molecule has 98 valence electrons. The van der Waals surface area contributed by atoms with Gasteiger partial charge in [0.15, 0.2) is 5.75 Å². The van der Waals surface area contributed by atoms with Crippen molar-refractivity contribution in [3.8, 4) is 11.8 Å². The summed E-state index contributed by atoms with van der Waals surface area (Å²) in [5, 5.41) is 8.86. The van der Waals surface area contributed by atoms with Gasteiger partial charge >= 0.3 is 6.61 Å². The van der Waals surface area contributed by atoms with Gasteiger partial charge in [-0.2, -0.15) is 14.0 Å². The Balaban J connectivity index is 3.61. The van der Waals surface area contributed by atoms with E-state index in [4.69, 9.17) is 27.5 Å². The Hall–Kier alpha value is -1.10. The summed E-state index contributed by atoms with van der Waals surface area (Å²) in [5.74, 6) is -0.953. The third-order valence-electron chi connectivity index (χ3n) is 1.93. The molecule has 0 aliphatic rings. The molecule has 4 nitrogen and oxygen atoms in total. The Kier molecular flexibility index (Phi) is 4.73. The van der Waals surface area contributed by atoms with Crippen LogP contribution in [0.3, 0.4) is 0 Å². The SMILES string of the molecule is N#Cc1c(CCl)ccc(S(=O)(=O)Cl)c1OC(F)F. The molecule has 0 saturated heterocycles. The minimum atomic E-state index is -4.32. The summed E-state index contributed by atoms with van der Waals surface area (Å²) in [4.78, 5) is -0.699. The summed E-state index contributed by atoms with van der Waals surface area (Å²) in [7, 11) is 0.760. The van der Waals surface area contributed by atoms with Crippen molar-refractivity contribution in [1.29, 1.82) is 5.26 Å². The summed E-state index contributed by atoms with van der Waals surface area (Å²) in [6, 6.07) is 3.73. The second-order valence-corrected chi connectivity index (χ2v) is 5.79. The first-order valence-corrected chi connectivity index (χ1v) is 7.17. The van der Waals surface area contributed by atoms with Gasteiger partial charge in [0.25, 0.3) is 9.05 Å². The van der Waals surface area contributed by atoms with E-state index in [9.17, 15) is 17.2 Å². The molecule has 0 N–H and O–H groups in total. The van der Waals surface area contributed by atoms with E-state index in [-0.39, 0.29) is 17.0 Å². The van der Waals surface area contributed by atoms with Crippen molar-refractivity contribution in [2.45, 2.75) is 17.4 Å². The van der Waals surface area contributed by atoms with Crippen LogP contribution in [-0.2, 0) is 14.9 Å². The van der Waals surface area contributed by atoms with Crippen LogP contribution < -0.4 is 4.74 Å². The standard InChI is InChI=1S/C9H5Cl2F2NO3S/c10-3-5-1-2-7(18(11,15)16)8(6(5)4-14)17-9(12)13/h1-2,9H,3H2. The van der Waals surface area contributed by atoms with Crippen molar-refractivity contribution >= 4 is 31.3 Å². The van der Waals surface area contributed by atoms with Gasteiger partial charge in [-0.1, -0.05) is 6.07 Å². The molecule has 0 amide bonds. The van der Waals surface area contributed by atoms with Gasteiger partial charge in [0.1, 0.15) is 16.5 Å². The van der Waals surface area contributed by atoms with E-state index in [0.717, 1.165) is 6.07 Å². The number of nitriles is 1. The molecule has 0 saturated carbocycles. The van der Waals surface area contributed by atoms with E-state index >= 15 is 0 Å². The largest absolute Gasteiger partial charge is 0.432 e. The van der Waals surface area contributed by atoms with Crippen LogP contribution in [0.15, 0.2) is 17.0 Å². The van der Waals surface area contributed by atoms with Crippen LogP contribution >= 0.6 is 22.3 Å². The summed E-state index contributed by atoms with van der Waals surface area (Å²) >= 11 is 5.51. The highest BCUT2D eigenvalue weighted by atomic mass is 35.7. The highest BCUT2D eigenvalue weighted by Gasteiger charge is 2.24. The highest BCUT2D eigenvalue weighted by molar-refractivity contribution is 8.13. The lowest BCUT2D eigenvalue weighted by atomic mass is 10.1. The predicted molar refractivity (Wildman–Crippen MR) is 60.4 cm³/mol. The number of alkyl halides is 3. The monoisotopic (exact) mass is 315 g/mol. The molecular weight excluding hydrogens is 311 g/mol. The Labute approximate surface area is 111 Å². The molecule has 18 heavy (non-hydrogen) atoms. The maximum Gasteiger partial charge on any atom is 0.387 e. The number of rotatable bonds is 4. The van der Waals surface area contributed by atoms with Gasteiger partial charge in [-0.3, -0.25) is 0 Å². The van der Waals surface area contributed by atoms with Crippen LogP contribution in [0.5, 0.6) is 5.75 Å². The Morgan fingerprint density at radius 2 is 2.06 bits per heavy atom. The minimum absolute atomic E-state index is 0.162. The molecule has 1 aromatic carbocycles. The van der Waals surface area contributed by atoms with E-state index in [1.807, 2.05) is 0 Å². The van der Waals surface area contributed by atoms with Gasteiger partial charge in [-0.25, -0.2) is 8.42 Å². The zero-order chi connectivity index (χ0) is 13.9. The molecule has 0 spiro atoms. The fourth-order valence-corrected chi connectivity index (χ4v) is 2.43. The normalized spacial score (nSPS) is 11.3. The number of hydrogen-bond acceptors (Lipinski definition) is 4. The lowest BCUT2D eigenvalue weighted by molar-refractivity contribution is -0.0519. The second-order valence-electron chi connectivity index (χ2n) is 2.99. The third kappa shape index (κ3) is 3.22. The fraction of sp³-hybridized carbons (Fsp3) is 0.222. The van der Waals surface area contributed by atoms with E-state index in [2.05, 4.69) is 4.74 Å². The lowest BCUT2D eigenvalue weighted by Crippen LogP contribution is -2.09. The molecule has 0 radical (unpaired) electrons. The molecule has 0 atom stereocenters. The van der Waals surface area contributed by atoms with Gasteiger partial charge < -0.3 is 4.74 Å². The van der Waals surface area contributed by atoms with E-state index in [1.54, 1.807) is 6.07 Å². The third-order valence-corrected chi connectivity index (χ3v) is 3.57. The smallest absolute Gasteiger partial charge is 0.387 e. The van der Waals surface area contributed by atoms with Crippen molar-refractivity contribution in [3.63, 3.8) is 0 Å². The summed E-state index contributed by atoms with van der Waals surface area (Å²) < 4.78 is 50.9. The zero-order valence-corrected chi connectivity index (χ0v) is 10.9. The van der Waals surface area contributed by atoms with Crippen molar-refractivity contribution < 1.29 is 21.9 Å². The number of ether oxygens (including phenoxy) is 1. The molecule has 1 aromatic rings. The van der Waals surface area contributed by atoms with Crippen LogP contribution in [0, 0.1) is 11.3 Å². The number of hydrogen-bond donors (Lipinski definition) is 0. The maximum absolute atomic E-state index is 12.2. The van der Waals surface area contributed by atoms with Crippen LogP contribution in [0.1, 0.15) is 11.1 Å². The van der Waals surface area contributed by atoms with Crippen molar-refractivity contribution in [3.05, 3.63) is 23.3 Å². The van der Waals surface area contributed by atoms with Gasteiger partial charge in [0, 0.05) is 16.6 Å². The van der Waals surface area contributed by atoms with Gasteiger partial charge in [0.2, 0.25) is 0 Å². The number of benzene rings is 1. The van der Waals surface area contributed by atoms with Crippen molar-refractivity contribution in [1.82, 2.24) is 0 Å². The first-order valence-electron chi connectivity index (χ1n) is 4.32. The molecule has 0 heterocycles. The summed E-state index contributed by atoms with van der Waals surface area (Å²) in [6.07, 6.45) is 0. The topological polar surface area (TPSA) is 67.2 Å². The molecule has 0 aliphatic carbocycles. The molecule has 0 bridgehead atoms. The maximum atomic E-state index is 12.2. The molecule has 0 fully saturated rings. The van der Waals surface area contributed by atoms with Gasteiger partial charge in [0.05, 0.1) is 0 Å². The minimum Gasteiger partial charge on any atom is -0.432 e. The van der Waals surface area contributed by atoms with Crippen molar-refractivity contribution in [2.24, 2.45) is 0 Å². The van der Waals surface area contributed by atoms with Crippen LogP contribution in [0.4, 0.5) is 8.78 Å². The van der Waals surface area contributed by atoms with Crippen LogP contribution in [0.2, 0.25) is 0 Å². The Morgan fingerprint density at radius 3 is 2.44 bits per heavy atom. The van der Waals surface area contributed by atoms with E-state index in [0.29, 0.717) is 0 Å². The average Bonchev–Trinajstić information content (AvgIpc) is 2.25. The molecule has 1 rings (SSSR count). The van der Waals surface area contributed by atoms with Crippen LogP contribution in [0.25, 0.3) is 0 Å². The first kappa shape index (κ1) is 15.0. The van der Waals surface area contributed by atoms with Gasteiger partial charge in [-0.05, 0) is 11.6 Å². The van der Waals surface area contributed by atoms with E-state index < -0.39 is 26.3 Å². The molecule has 0 unspecified atom stereocenters. The van der Waals surface area contributed by atoms with Gasteiger partial charge in [-0.15, -0.1) is 11.6 Å². The molecule has 0 aromatic heterocycles. The van der Waals surface area contributed by atoms with E-state index in [1.165, 1.54) is 6.07 Å². The molecule has 9 heteroatoms. The summed E-state index contributed by atoms with van der Waals surface area (Å²) in [6.45, 7) is -3.29.